The standard InChI is InChI=1S/C42H28.C40H24.C40H26/c1-3-15-29(16-4-1)32-19-7-9-21-34(32)35-22-10-8-20-33(35)31-27-40(30-17-5-2-6-18-30)42-39-26-14-13-24-37(39)36-23-11-12-25-38(36)41(42)28-31;1-2-9-25(10-3-1)36-23-31(24-37-34-15-5-4-13-32(34)33-14-6-7-16-35(33)40(36)37)30-21-28-19-17-26-11-8-12-27-18-20-29(22-30)39(28)38(26)27;1-2-11-30(12-3-1)38-25-33(26-39-36-16-7-6-14-34(36)35-15-8-9-17-37(35)40(38)39)29-20-18-28(19-21-29)32-23-22-27-10-4-5-13-31(27)24-32/h1-28H;1-24H;1-26H. The van der Waals surface area contributed by atoms with Crippen molar-refractivity contribution in [1.29, 1.82) is 0 Å². The second-order valence-electron chi connectivity index (χ2n) is 32.3. The highest BCUT2D eigenvalue weighted by molar-refractivity contribution is 6.33. The first-order chi connectivity index (χ1) is 60.5. The van der Waals surface area contributed by atoms with Gasteiger partial charge >= 0.3 is 0 Å². The lowest BCUT2D eigenvalue weighted by atomic mass is 9.84. The van der Waals surface area contributed by atoms with E-state index in [2.05, 4.69) is 473 Å². The Morgan fingerprint density at radius 1 is 0.0820 bits per heavy atom. The van der Waals surface area contributed by atoms with Gasteiger partial charge in [0.15, 0.2) is 0 Å². The van der Waals surface area contributed by atoms with Crippen molar-refractivity contribution >= 4 is 140 Å². The molecule has 0 aliphatic rings. The third-order valence-electron chi connectivity index (χ3n) is 25.4. The Balaban J connectivity index is 0.000000106. The van der Waals surface area contributed by atoms with Gasteiger partial charge in [0.05, 0.1) is 0 Å². The molecule has 0 nitrogen and oxygen atoms in total. The van der Waals surface area contributed by atoms with Crippen molar-refractivity contribution in [1.82, 2.24) is 0 Å². The summed E-state index contributed by atoms with van der Waals surface area (Å²) in [5, 5.41) is 33.9. The van der Waals surface area contributed by atoms with Crippen LogP contribution in [0.1, 0.15) is 0 Å². The van der Waals surface area contributed by atoms with Crippen LogP contribution >= 0.6 is 0 Å². The number of benzene rings is 25. The lowest BCUT2D eigenvalue weighted by molar-refractivity contribution is 1.57. The molecule has 0 fully saturated rings. The van der Waals surface area contributed by atoms with Crippen LogP contribution in [-0.4, -0.2) is 0 Å². The predicted octanol–water partition coefficient (Wildman–Crippen LogP) is 34.5. The van der Waals surface area contributed by atoms with E-state index in [1.54, 1.807) is 0 Å². The van der Waals surface area contributed by atoms with Crippen molar-refractivity contribution < 1.29 is 0 Å². The van der Waals surface area contributed by atoms with Crippen LogP contribution in [0.5, 0.6) is 0 Å². The largest absolute Gasteiger partial charge is 0.0622 e. The molecule has 122 heavy (non-hydrogen) atoms. The lowest BCUT2D eigenvalue weighted by Gasteiger charge is -2.19. The normalized spacial score (nSPS) is 11.6. The molecule has 0 radical (unpaired) electrons. The minimum absolute atomic E-state index is 1.22. The van der Waals surface area contributed by atoms with Crippen molar-refractivity contribution in [2.24, 2.45) is 0 Å². The van der Waals surface area contributed by atoms with E-state index in [0.29, 0.717) is 0 Å². The fourth-order valence-electron chi connectivity index (χ4n) is 19.8. The summed E-state index contributed by atoms with van der Waals surface area (Å²) in [7, 11) is 0. The molecule has 0 heteroatoms. The molecular formula is C122H78. The van der Waals surface area contributed by atoms with Crippen LogP contribution < -0.4 is 0 Å². The molecule has 0 unspecified atom stereocenters. The number of fused-ring (bicyclic) bond motifs is 19. The maximum Gasteiger partial charge on any atom is -0.00199 e. The zero-order valence-electron chi connectivity index (χ0n) is 67.0. The Morgan fingerprint density at radius 3 is 0.730 bits per heavy atom. The minimum atomic E-state index is 1.22. The van der Waals surface area contributed by atoms with Crippen molar-refractivity contribution in [2.45, 2.75) is 0 Å². The Bertz CT molecular complexity index is 8330. The maximum atomic E-state index is 2.42. The molecule has 0 aromatic heterocycles. The van der Waals surface area contributed by atoms with Crippen LogP contribution in [0.2, 0.25) is 0 Å². The van der Waals surface area contributed by atoms with E-state index in [9.17, 15) is 0 Å². The third-order valence-corrected chi connectivity index (χ3v) is 25.4. The van der Waals surface area contributed by atoms with E-state index in [0.717, 1.165) is 0 Å². The molecule has 0 atom stereocenters. The highest BCUT2D eigenvalue weighted by Gasteiger charge is 2.22. The third kappa shape index (κ3) is 12.5. The van der Waals surface area contributed by atoms with Crippen LogP contribution in [-0.2, 0) is 0 Å². The number of rotatable bonds is 9. The molecule has 0 aliphatic heterocycles. The zero-order valence-corrected chi connectivity index (χ0v) is 67.0. The second-order valence-corrected chi connectivity index (χ2v) is 32.3. The van der Waals surface area contributed by atoms with E-state index in [1.165, 1.54) is 240 Å². The van der Waals surface area contributed by atoms with Gasteiger partial charge in [-0.3, -0.25) is 0 Å². The van der Waals surface area contributed by atoms with Gasteiger partial charge in [0.1, 0.15) is 0 Å². The fourth-order valence-corrected chi connectivity index (χ4v) is 19.8. The van der Waals surface area contributed by atoms with E-state index >= 15 is 0 Å². The van der Waals surface area contributed by atoms with Crippen LogP contribution in [0.4, 0.5) is 0 Å². The minimum Gasteiger partial charge on any atom is -0.0622 e. The molecule has 0 heterocycles. The Kier molecular flexibility index (Phi) is 17.7. The van der Waals surface area contributed by atoms with Crippen LogP contribution in [0, 0.1) is 0 Å². The molecule has 0 spiro atoms. The molecule has 0 aliphatic carbocycles. The van der Waals surface area contributed by atoms with Gasteiger partial charge in [-0.05, 0) is 295 Å². The van der Waals surface area contributed by atoms with Gasteiger partial charge in [0.2, 0.25) is 0 Å². The van der Waals surface area contributed by atoms with Crippen LogP contribution in [0.15, 0.2) is 473 Å². The van der Waals surface area contributed by atoms with Gasteiger partial charge < -0.3 is 0 Å². The summed E-state index contributed by atoms with van der Waals surface area (Å²) >= 11 is 0. The molecule has 0 bridgehead atoms. The first kappa shape index (κ1) is 71.5. The summed E-state index contributed by atoms with van der Waals surface area (Å²) in [6.07, 6.45) is 0. The molecule has 0 N–H and O–H groups in total. The summed E-state index contributed by atoms with van der Waals surface area (Å²) in [5.41, 5.74) is 22.3. The summed E-state index contributed by atoms with van der Waals surface area (Å²) in [5.74, 6) is 0. The molecule has 25 aromatic rings. The van der Waals surface area contributed by atoms with Gasteiger partial charge in [-0.2, -0.15) is 0 Å². The van der Waals surface area contributed by atoms with Gasteiger partial charge in [-0.25, -0.2) is 0 Å². The topological polar surface area (TPSA) is 0 Å². The molecule has 0 amide bonds. The SMILES string of the molecule is c1ccc(-c2cc(-c3cc4ccc5cccc6ccc(c3)c4c56)cc3c4ccccc4c4ccccc4c23)cc1.c1ccc(-c2cc(-c3ccc(-c4ccc5ccccc5c4)cc3)cc3c4ccccc4c4ccccc4c23)cc1.c1ccc(-c2ccccc2-c2ccccc2-c2cc(-c3ccccc3)c3c4ccccc4c4ccccc4c3c2)cc1. The van der Waals surface area contributed by atoms with Gasteiger partial charge in [0, 0.05) is 0 Å². The van der Waals surface area contributed by atoms with E-state index in [4.69, 9.17) is 0 Å². The second kappa shape index (κ2) is 30.3. The van der Waals surface area contributed by atoms with Gasteiger partial charge in [0.25, 0.3) is 0 Å². The highest BCUT2D eigenvalue weighted by atomic mass is 14.3. The van der Waals surface area contributed by atoms with Gasteiger partial charge in [-0.1, -0.05) is 419 Å². The van der Waals surface area contributed by atoms with E-state index < -0.39 is 0 Å². The molecule has 25 rings (SSSR count). The quantitative estimate of drug-likeness (QED) is 0.126. The number of hydrogen-bond donors (Lipinski definition) is 0. The highest BCUT2D eigenvalue weighted by Crippen LogP contribution is 2.50. The van der Waals surface area contributed by atoms with Gasteiger partial charge in [-0.15, -0.1) is 0 Å². The van der Waals surface area contributed by atoms with Crippen molar-refractivity contribution in [3.8, 4) is 100 Å². The first-order valence-electron chi connectivity index (χ1n) is 42.3. The predicted molar refractivity (Wildman–Crippen MR) is 527 cm³/mol. The smallest absolute Gasteiger partial charge is 0.00199 e. The zero-order chi connectivity index (χ0) is 80.6. The first-order valence-corrected chi connectivity index (χ1v) is 42.3. The summed E-state index contributed by atoms with van der Waals surface area (Å²) in [4.78, 5) is 0. The van der Waals surface area contributed by atoms with Crippen molar-refractivity contribution in [2.75, 3.05) is 0 Å². The summed E-state index contributed by atoms with van der Waals surface area (Å²) in [6, 6.07) is 173. The maximum absolute atomic E-state index is 2.42. The van der Waals surface area contributed by atoms with Crippen LogP contribution in [0.25, 0.3) is 240 Å². The summed E-state index contributed by atoms with van der Waals surface area (Å²) < 4.78 is 0. The molecular weight excluding hydrogens is 1470 g/mol. The van der Waals surface area contributed by atoms with Crippen molar-refractivity contribution in [3.63, 3.8) is 0 Å². The van der Waals surface area contributed by atoms with E-state index in [-0.39, 0.29) is 0 Å². The average molecular weight is 1540 g/mol. The molecule has 25 aromatic carbocycles. The molecule has 0 saturated carbocycles. The number of hydrogen-bond acceptors (Lipinski definition) is 0. The van der Waals surface area contributed by atoms with Crippen LogP contribution in [0.3, 0.4) is 0 Å². The average Bonchev–Trinajstić information content (AvgIpc) is 0.734. The Morgan fingerprint density at radius 2 is 0.320 bits per heavy atom. The Hall–Kier alpha value is -15.9. The summed E-state index contributed by atoms with van der Waals surface area (Å²) in [6.45, 7) is 0. The Labute approximate surface area is 708 Å². The monoisotopic (exact) mass is 1540 g/mol. The molecule has 0 saturated heterocycles. The van der Waals surface area contributed by atoms with E-state index in [1.807, 2.05) is 0 Å². The van der Waals surface area contributed by atoms with Crippen molar-refractivity contribution in [3.05, 3.63) is 473 Å². The molecule has 566 valence electrons. The fraction of sp³-hybridized carbons (Fsp3) is 0. The lowest BCUT2D eigenvalue weighted by Crippen LogP contribution is -1.92.